The van der Waals surface area contributed by atoms with Crippen LogP contribution in [0.1, 0.15) is 12.8 Å². The van der Waals surface area contributed by atoms with Gasteiger partial charge in [-0.15, -0.1) is 0 Å². The van der Waals surface area contributed by atoms with Crippen LogP contribution >= 0.6 is 0 Å². The third-order valence-electron chi connectivity index (χ3n) is 4.49. The molecule has 1 saturated heterocycles. The van der Waals surface area contributed by atoms with Gasteiger partial charge in [-0.3, -0.25) is 9.78 Å². The van der Waals surface area contributed by atoms with Gasteiger partial charge in [-0.2, -0.15) is 0 Å². The van der Waals surface area contributed by atoms with Gasteiger partial charge in [0.25, 0.3) is 5.56 Å². The van der Waals surface area contributed by atoms with Gasteiger partial charge in [0.05, 0.1) is 6.20 Å². The van der Waals surface area contributed by atoms with E-state index in [1.807, 2.05) is 6.07 Å². The lowest BCUT2D eigenvalue weighted by atomic mass is 10.0. The molecule has 0 radical (unpaired) electrons. The Morgan fingerprint density at radius 1 is 1.22 bits per heavy atom. The molecular weight excluding hydrogens is 292 g/mol. The van der Waals surface area contributed by atoms with Crippen LogP contribution in [0.25, 0.3) is 0 Å². The van der Waals surface area contributed by atoms with Crippen LogP contribution < -0.4 is 10.5 Å². The lowest BCUT2D eigenvalue weighted by Gasteiger charge is -2.37. The van der Waals surface area contributed by atoms with Gasteiger partial charge in [0, 0.05) is 57.9 Å². The minimum Gasteiger partial charge on any atom is -0.356 e. The molecule has 7 heteroatoms. The molecule has 1 aliphatic heterocycles. The number of hydrogen-bond acceptors (Lipinski definition) is 6. The third-order valence-corrected chi connectivity index (χ3v) is 4.49. The number of nitrogens with zero attached hydrogens (tertiary/aromatic N) is 6. The minimum absolute atomic E-state index is 0.0362. The maximum atomic E-state index is 11.7. The molecule has 7 nitrogen and oxygen atoms in total. The van der Waals surface area contributed by atoms with E-state index in [4.69, 9.17) is 0 Å². The van der Waals surface area contributed by atoms with Gasteiger partial charge < -0.3 is 14.4 Å². The number of likely N-dealkylation sites (tertiary alicyclic amines) is 1. The molecule has 3 rings (SSSR count). The summed E-state index contributed by atoms with van der Waals surface area (Å²) < 4.78 is 1.71. The summed E-state index contributed by atoms with van der Waals surface area (Å²) in [6.45, 7) is 3.70. The number of rotatable bonds is 5. The van der Waals surface area contributed by atoms with Gasteiger partial charge in [0.1, 0.15) is 12.1 Å². The minimum atomic E-state index is -0.0362. The Bertz CT molecular complexity index is 666. The Morgan fingerprint density at radius 3 is 2.74 bits per heavy atom. The Labute approximate surface area is 135 Å². The highest BCUT2D eigenvalue weighted by Crippen LogP contribution is 2.19. The summed E-state index contributed by atoms with van der Waals surface area (Å²) in [4.78, 5) is 28.4. The Kier molecular flexibility index (Phi) is 4.97. The molecule has 0 aliphatic carbocycles. The lowest BCUT2D eigenvalue weighted by molar-refractivity contribution is 0.203. The zero-order valence-electron chi connectivity index (χ0n) is 13.4. The molecule has 0 bridgehead atoms. The van der Waals surface area contributed by atoms with Crippen molar-refractivity contribution in [1.29, 1.82) is 0 Å². The molecule has 1 fully saturated rings. The van der Waals surface area contributed by atoms with Crippen molar-refractivity contribution >= 4 is 5.82 Å². The number of anilines is 1. The second kappa shape index (κ2) is 7.32. The van der Waals surface area contributed by atoms with Crippen molar-refractivity contribution in [2.24, 2.45) is 0 Å². The molecule has 2 aromatic heterocycles. The van der Waals surface area contributed by atoms with Crippen molar-refractivity contribution in [3.05, 3.63) is 47.5 Å². The monoisotopic (exact) mass is 314 g/mol. The van der Waals surface area contributed by atoms with Crippen molar-refractivity contribution < 1.29 is 0 Å². The summed E-state index contributed by atoms with van der Waals surface area (Å²) in [5.41, 5.74) is -0.0362. The van der Waals surface area contributed by atoms with E-state index in [9.17, 15) is 4.79 Å². The molecule has 2 aromatic rings. The number of hydrogen-bond donors (Lipinski definition) is 0. The Morgan fingerprint density at radius 2 is 2.04 bits per heavy atom. The smallest absolute Gasteiger partial charge is 0.269 e. The van der Waals surface area contributed by atoms with E-state index in [0.29, 0.717) is 12.6 Å². The van der Waals surface area contributed by atoms with Crippen molar-refractivity contribution in [3.8, 4) is 0 Å². The van der Waals surface area contributed by atoms with E-state index in [2.05, 4.69) is 31.8 Å². The highest BCUT2D eigenvalue weighted by Gasteiger charge is 2.23. The molecule has 0 N–H and O–H groups in total. The van der Waals surface area contributed by atoms with Gasteiger partial charge in [-0.05, 0) is 18.9 Å². The molecule has 3 heterocycles. The summed E-state index contributed by atoms with van der Waals surface area (Å²) >= 11 is 0. The van der Waals surface area contributed by atoms with Crippen molar-refractivity contribution in [1.82, 2.24) is 24.4 Å². The molecule has 0 unspecified atom stereocenters. The zero-order valence-corrected chi connectivity index (χ0v) is 13.4. The quantitative estimate of drug-likeness (QED) is 0.806. The molecule has 122 valence electrons. The van der Waals surface area contributed by atoms with Crippen LogP contribution in [0.4, 0.5) is 5.82 Å². The molecular formula is C16H22N6O. The first-order valence-corrected chi connectivity index (χ1v) is 7.95. The first-order chi connectivity index (χ1) is 11.2. The molecule has 0 saturated carbocycles. The zero-order chi connectivity index (χ0) is 16.1. The van der Waals surface area contributed by atoms with E-state index >= 15 is 0 Å². The topological polar surface area (TPSA) is 67.2 Å². The fraction of sp³-hybridized carbons (Fsp3) is 0.500. The SMILES string of the molecule is CN(c1ccncn1)C1CCN(CCn2ccncc2=O)CC1. The van der Waals surface area contributed by atoms with Gasteiger partial charge in [0.2, 0.25) is 0 Å². The van der Waals surface area contributed by atoms with Crippen LogP contribution in [0.3, 0.4) is 0 Å². The van der Waals surface area contributed by atoms with E-state index in [1.54, 1.807) is 29.5 Å². The van der Waals surface area contributed by atoms with Crippen LogP contribution in [0, 0.1) is 0 Å². The van der Waals surface area contributed by atoms with Crippen molar-refractivity contribution in [2.75, 3.05) is 31.6 Å². The predicted molar refractivity (Wildman–Crippen MR) is 88.4 cm³/mol. The molecule has 0 spiro atoms. The van der Waals surface area contributed by atoms with E-state index in [1.165, 1.54) is 6.20 Å². The fourth-order valence-electron chi connectivity index (χ4n) is 3.02. The highest BCUT2D eigenvalue weighted by atomic mass is 16.1. The van der Waals surface area contributed by atoms with E-state index < -0.39 is 0 Å². The predicted octanol–water partition coefficient (Wildman–Crippen LogP) is 0.634. The number of aromatic nitrogens is 4. The van der Waals surface area contributed by atoms with Crippen LogP contribution in [-0.2, 0) is 6.54 Å². The average Bonchev–Trinajstić information content (AvgIpc) is 2.62. The van der Waals surface area contributed by atoms with E-state index in [0.717, 1.165) is 38.3 Å². The third kappa shape index (κ3) is 3.92. The average molecular weight is 314 g/mol. The van der Waals surface area contributed by atoms with Gasteiger partial charge in [0.15, 0.2) is 0 Å². The first kappa shape index (κ1) is 15.6. The summed E-state index contributed by atoms with van der Waals surface area (Å²) in [5, 5.41) is 0. The van der Waals surface area contributed by atoms with Crippen molar-refractivity contribution in [3.63, 3.8) is 0 Å². The second-order valence-corrected chi connectivity index (χ2v) is 5.86. The van der Waals surface area contributed by atoms with Crippen LogP contribution in [0.5, 0.6) is 0 Å². The van der Waals surface area contributed by atoms with E-state index in [-0.39, 0.29) is 5.56 Å². The van der Waals surface area contributed by atoms with Crippen LogP contribution in [-0.4, -0.2) is 57.1 Å². The fourth-order valence-corrected chi connectivity index (χ4v) is 3.02. The summed E-state index contributed by atoms with van der Waals surface area (Å²) in [6, 6.07) is 2.45. The summed E-state index contributed by atoms with van der Waals surface area (Å²) in [6.07, 6.45) is 10.3. The number of piperidine rings is 1. The molecule has 1 aliphatic rings. The van der Waals surface area contributed by atoms with Gasteiger partial charge in [-0.1, -0.05) is 0 Å². The Hall–Kier alpha value is -2.28. The Balaban J connectivity index is 1.49. The highest BCUT2D eigenvalue weighted by molar-refractivity contribution is 5.36. The summed E-state index contributed by atoms with van der Waals surface area (Å²) in [7, 11) is 2.10. The molecule has 0 amide bonds. The summed E-state index contributed by atoms with van der Waals surface area (Å²) in [5.74, 6) is 0.974. The maximum absolute atomic E-state index is 11.7. The van der Waals surface area contributed by atoms with Crippen LogP contribution in [0.2, 0.25) is 0 Å². The largest absolute Gasteiger partial charge is 0.356 e. The second-order valence-electron chi connectivity index (χ2n) is 5.86. The maximum Gasteiger partial charge on any atom is 0.269 e. The van der Waals surface area contributed by atoms with Crippen molar-refractivity contribution in [2.45, 2.75) is 25.4 Å². The first-order valence-electron chi connectivity index (χ1n) is 7.95. The van der Waals surface area contributed by atoms with Gasteiger partial charge >= 0.3 is 0 Å². The normalized spacial score (nSPS) is 16.4. The molecule has 23 heavy (non-hydrogen) atoms. The van der Waals surface area contributed by atoms with Crippen LogP contribution in [0.15, 0.2) is 42.0 Å². The molecule has 0 atom stereocenters. The standard InChI is InChI=1S/C16H22N6O/c1-20(15-2-5-18-13-19-15)14-3-7-21(8-4-14)10-11-22-9-6-17-12-16(22)23/h2,5-6,9,12-14H,3-4,7-8,10-11H2,1H3. The van der Waals surface area contributed by atoms with Gasteiger partial charge in [-0.25, -0.2) is 9.97 Å². The lowest BCUT2D eigenvalue weighted by Crippen LogP contribution is -2.44. The molecule has 0 aromatic carbocycles.